The third kappa shape index (κ3) is 4.78. The van der Waals surface area contributed by atoms with Gasteiger partial charge in [0.15, 0.2) is 0 Å². The third-order valence-electron chi connectivity index (χ3n) is 6.58. The van der Waals surface area contributed by atoms with E-state index in [0.29, 0.717) is 23.8 Å². The van der Waals surface area contributed by atoms with Crippen LogP contribution in [0.5, 0.6) is 0 Å². The van der Waals surface area contributed by atoms with Gasteiger partial charge in [0.1, 0.15) is 5.76 Å². The highest BCUT2D eigenvalue weighted by Crippen LogP contribution is 2.34. The van der Waals surface area contributed by atoms with Gasteiger partial charge in [-0.15, -0.1) is 0 Å². The van der Waals surface area contributed by atoms with Crippen LogP contribution in [0.4, 0.5) is 5.95 Å². The molecule has 1 saturated heterocycles. The lowest BCUT2D eigenvalue weighted by molar-refractivity contribution is 0.0705. The second-order valence-electron chi connectivity index (χ2n) is 8.46. The molecule has 3 aliphatic rings. The van der Waals surface area contributed by atoms with Crippen molar-refractivity contribution in [2.24, 2.45) is 11.8 Å². The molecular weight excluding hydrogens is 408 g/mol. The maximum atomic E-state index is 11.4. The summed E-state index contributed by atoms with van der Waals surface area (Å²) in [7, 11) is 1.72. The van der Waals surface area contributed by atoms with E-state index in [2.05, 4.69) is 56.4 Å². The fourth-order valence-electron chi connectivity index (χ4n) is 4.70. The Balaban J connectivity index is 1.23. The SMILES string of the molecule is CCN1C=C(CNCC2CCN(c3ncc(C(=O)NO)cn3)CC2)C2C=CC(OC)=CC21. The number of allylic oxidation sites excluding steroid dienone is 1. The number of hydroxylamine groups is 1. The van der Waals surface area contributed by atoms with E-state index in [4.69, 9.17) is 9.94 Å². The molecule has 1 amide bonds. The normalized spacial score (nSPS) is 23.0. The first-order valence-electron chi connectivity index (χ1n) is 11.3. The van der Waals surface area contributed by atoms with Crippen LogP contribution < -0.4 is 15.7 Å². The Kier molecular flexibility index (Phi) is 7.06. The minimum absolute atomic E-state index is 0.238. The zero-order chi connectivity index (χ0) is 22.5. The van der Waals surface area contributed by atoms with Crippen molar-refractivity contribution in [3.05, 3.63) is 53.7 Å². The lowest BCUT2D eigenvalue weighted by Gasteiger charge is -2.32. The highest BCUT2D eigenvalue weighted by Gasteiger charge is 2.33. The van der Waals surface area contributed by atoms with Gasteiger partial charge in [-0.3, -0.25) is 10.0 Å². The maximum absolute atomic E-state index is 11.4. The molecule has 32 heavy (non-hydrogen) atoms. The molecule has 0 spiro atoms. The number of piperidine rings is 1. The van der Waals surface area contributed by atoms with E-state index in [1.54, 1.807) is 12.6 Å². The summed E-state index contributed by atoms with van der Waals surface area (Å²) in [5.74, 6) is 1.99. The predicted molar refractivity (Wildman–Crippen MR) is 121 cm³/mol. The Hall–Kier alpha value is -2.91. The van der Waals surface area contributed by atoms with Crippen LogP contribution in [-0.2, 0) is 4.74 Å². The Morgan fingerprint density at radius 2 is 2.03 bits per heavy atom. The van der Waals surface area contributed by atoms with Crippen LogP contribution in [0.15, 0.2) is 48.2 Å². The number of fused-ring (bicyclic) bond motifs is 1. The lowest BCUT2D eigenvalue weighted by atomic mass is 9.90. The van der Waals surface area contributed by atoms with Gasteiger partial charge >= 0.3 is 0 Å². The summed E-state index contributed by atoms with van der Waals surface area (Å²) in [6, 6.07) is 0.356. The predicted octanol–water partition coefficient (Wildman–Crippen LogP) is 1.71. The number of carbonyl (C=O) groups excluding carboxylic acids is 1. The molecule has 0 radical (unpaired) electrons. The fourth-order valence-corrected chi connectivity index (χ4v) is 4.70. The van der Waals surface area contributed by atoms with Gasteiger partial charge < -0.3 is 19.9 Å². The van der Waals surface area contributed by atoms with Crippen molar-refractivity contribution in [2.75, 3.05) is 44.7 Å². The van der Waals surface area contributed by atoms with E-state index in [-0.39, 0.29) is 5.56 Å². The van der Waals surface area contributed by atoms with E-state index in [1.165, 1.54) is 18.0 Å². The number of nitrogens with one attached hydrogen (secondary N) is 2. The van der Waals surface area contributed by atoms with E-state index < -0.39 is 5.91 Å². The second kappa shape index (κ2) is 10.1. The Morgan fingerprint density at radius 3 is 2.69 bits per heavy atom. The lowest BCUT2D eigenvalue weighted by Crippen LogP contribution is -2.38. The number of amides is 1. The number of ether oxygens (including phenoxy) is 1. The van der Waals surface area contributed by atoms with Crippen molar-refractivity contribution in [1.29, 1.82) is 0 Å². The van der Waals surface area contributed by atoms with Crippen molar-refractivity contribution in [3.63, 3.8) is 0 Å². The molecule has 9 heteroatoms. The fraction of sp³-hybridized carbons (Fsp3) is 0.522. The minimum atomic E-state index is -0.606. The van der Waals surface area contributed by atoms with Crippen molar-refractivity contribution in [1.82, 2.24) is 25.7 Å². The molecule has 1 aromatic rings. The number of hydrogen-bond acceptors (Lipinski definition) is 8. The van der Waals surface area contributed by atoms with Crippen molar-refractivity contribution < 1.29 is 14.7 Å². The number of aromatic nitrogens is 2. The van der Waals surface area contributed by atoms with Crippen LogP contribution in [-0.4, -0.2) is 71.9 Å². The molecular formula is C23H32N6O3. The highest BCUT2D eigenvalue weighted by molar-refractivity contribution is 5.92. The summed E-state index contributed by atoms with van der Waals surface area (Å²) >= 11 is 0. The maximum Gasteiger partial charge on any atom is 0.277 e. The van der Waals surface area contributed by atoms with Crippen molar-refractivity contribution in [3.8, 4) is 0 Å². The van der Waals surface area contributed by atoms with Crippen LogP contribution >= 0.6 is 0 Å². The van der Waals surface area contributed by atoms with E-state index in [0.717, 1.165) is 51.3 Å². The highest BCUT2D eigenvalue weighted by atomic mass is 16.5. The first-order chi connectivity index (χ1) is 15.6. The summed E-state index contributed by atoms with van der Waals surface area (Å²) in [6.07, 6.45) is 13.9. The molecule has 172 valence electrons. The van der Waals surface area contributed by atoms with Gasteiger partial charge in [0, 0.05) is 50.7 Å². The number of nitrogens with zero attached hydrogens (tertiary/aromatic N) is 4. The molecule has 0 bridgehead atoms. The average molecular weight is 441 g/mol. The Bertz CT molecular complexity index is 889. The van der Waals surface area contributed by atoms with E-state index >= 15 is 0 Å². The average Bonchev–Trinajstić information content (AvgIpc) is 3.21. The number of hydrogen-bond donors (Lipinski definition) is 3. The van der Waals surface area contributed by atoms with Crippen LogP contribution in [0.1, 0.15) is 30.1 Å². The quantitative estimate of drug-likeness (QED) is 0.415. The van der Waals surface area contributed by atoms with Crippen LogP contribution in [0.3, 0.4) is 0 Å². The largest absolute Gasteiger partial charge is 0.497 e. The second-order valence-corrected chi connectivity index (χ2v) is 8.46. The van der Waals surface area contributed by atoms with Gasteiger partial charge in [0.05, 0.1) is 18.7 Å². The van der Waals surface area contributed by atoms with E-state index in [9.17, 15) is 4.79 Å². The number of anilines is 1. The smallest absolute Gasteiger partial charge is 0.277 e. The number of carbonyl (C=O) groups is 1. The van der Waals surface area contributed by atoms with Crippen LogP contribution in [0.25, 0.3) is 0 Å². The zero-order valence-electron chi connectivity index (χ0n) is 18.7. The van der Waals surface area contributed by atoms with E-state index in [1.807, 2.05) is 0 Å². The van der Waals surface area contributed by atoms with Gasteiger partial charge in [-0.25, -0.2) is 15.4 Å². The van der Waals surface area contributed by atoms with Gasteiger partial charge in [0.2, 0.25) is 5.95 Å². The van der Waals surface area contributed by atoms with Gasteiger partial charge in [0.25, 0.3) is 5.91 Å². The minimum Gasteiger partial charge on any atom is -0.497 e. The standard InChI is InChI=1S/C23H32N6O3/c1-3-28-15-18(20-5-4-19(32-2)10-21(20)28)12-24-11-16-6-8-29(9-7-16)23-25-13-17(14-26-23)22(30)27-31/h4-5,10,13-16,20-21,24,31H,3,6-9,11-12H2,1-2H3,(H,27,30). The third-order valence-corrected chi connectivity index (χ3v) is 6.58. The summed E-state index contributed by atoms with van der Waals surface area (Å²) in [5.41, 5.74) is 3.26. The summed E-state index contributed by atoms with van der Waals surface area (Å²) in [4.78, 5) is 24.5. The molecule has 9 nitrogen and oxygen atoms in total. The number of methoxy groups -OCH3 is 1. The molecule has 2 atom stereocenters. The first-order valence-corrected chi connectivity index (χ1v) is 11.3. The summed E-state index contributed by atoms with van der Waals surface area (Å²) < 4.78 is 5.42. The van der Waals surface area contributed by atoms with Gasteiger partial charge in [-0.1, -0.05) is 6.08 Å². The van der Waals surface area contributed by atoms with Gasteiger partial charge in [-0.2, -0.15) is 0 Å². The molecule has 0 saturated carbocycles. The topological polar surface area (TPSA) is 103 Å². The first kappa shape index (κ1) is 22.3. The molecule has 1 aromatic heterocycles. The molecule has 0 aromatic carbocycles. The van der Waals surface area contributed by atoms with Crippen molar-refractivity contribution in [2.45, 2.75) is 25.8 Å². The monoisotopic (exact) mass is 440 g/mol. The summed E-state index contributed by atoms with van der Waals surface area (Å²) in [6.45, 7) is 6.85. The Morgan fingerprint density at radius 1 is 1.28 bits per heavy atom. The molecule has 1 aliphatic carbocycles. The Labute approximate surface area is 188 Å². The number of likely N-dealkylation sites (N-methyl/N-ethyl adjacent to an activating group) is 1. The molecule has 3 N–H and O–H groups in total. The zero-order valence-corrected chi connectivity index (χ0v) is 18.7. The summed E-state index contributed by atoms with van der Waals surface area (Å²) in [5, 5.41) is 12.4. The molecule has 3 heterocycles. The molecule has 4 rings (SSSR count). The molecule has 1 fully saturated rings. The molecule has 2 unspecified atom stereocenters. The van der Waals surface area contributed by atoms with Crippen LogP contribution in [0.2, 0.25) is 0 Å². The van der Waals surface area contributed by atoms with Crippen LogP contribution in [0, 0.1) is 11.8 Å². The van der Waals surface area contributed by atoms with Gasteiger partial charge in [-0.05, 0) is 50.0 Å². The molecule has 2 aliphatic heterocycles. The van der Waals surface area contributed by atoms with Crippen molar-refractivity contribution >= 4 is 11.9 Å². The number of rotatable bonds is 8.